The highest BCUT2D eigenvalue weighted by Crippen LogP contribution is 2.34. The maximum Gasteiger partial charge on any atom is 0.317 e. The number of amides is 2. The molecule has 2 aromatic rings. The molecule has 0 saturated carbocycles. The Kier molecular flexibility index (Phi) is 4.77. The van der Waals surface area contributed by atoms with Gasteiger partial charge in [-0.05, 0) is 37.1 Å². The van der Waals surface area contributed by atoms with Crippen molar-refractivity contribution in [3.63, 3.8) is 0 Å². The smallest absolute Gasteiger partial charge is 0.317 e. The van der Waals surface area contributed by atoms with E-state index in [2.05, 4.69) is 24.9 Å². The molecular formula is C18H21F2N5O2. The van der Waals surface area contributed by atoms with Crippen LogP contribution >= 0.6 is 0 Å². The van der Waals surface area contributed by atoms with Gasteiger partial charge < -0.3 is 19.6 Å². The molecular weight excluding hydrogens is 356 g/mol. The molecule has 0 radical (unpaired) electrons. The quantitative estimate of drug-likeness (QED) is 0.890. The second-order valence-electron chi connectivity index (χ2n) is 7.00. The maximum absolute atomic E-state index is 12.6. The van der Waals surface area contributed by atoms with E-state index >= 15 is 0 Å². The molecule has 1 atom stereocenters. The highest BCUT2D eigenvalue weighted by atomic mass is 19.3. The van der Waals surface area contributed by atoms with Crippen molar-refractivity contribution in [3.8, 4) is 11.4 Å². The van der Waals surface area contributed by atoms with Gasteiger partial charge >= 0.3 is 12.5 Å². The first-order valence-electron chi connectivity index (χ1n) is 9.00. The monoisotopic (exact) mass is 377 g/mol. The molecule has 2 heterocycles. The number of halogens is 2. The third-order valence-corrected chi connectivity index (χ3v) is 5.20. The fourth-order valence-corrected chi connectivity index (χ4v) is 3.60. The fraction of sp³-hybridized carbons (Fsp3) is 0.500. The van der Waals surface area contributed by atoms with E-state index in [0.717, 1.165) is 50.1 Å². The Morgan fingerprint density at radius 2 is 2.07 bits per heavy atom. The van der Waals surface area contributed by atoms with Gasteiger partial charge in [-0.1, -0.05) is 17.3 Å². The second kappa shape index (κ2) is 7.22. The van der Waals surface area contributed by atoms with Crippen molar-refractivity contribution in [2.75, 3.05) is 33.2 Å². The predicted molar refractivity (Wildman–Crippen MR) is 93.4 cm³/mol. The van der Waals surface area contributed by atoms with Gasteiger partial charge in [0.25, 0.3) is 5.89 Å². The predicted octanol–water partition coefficient (Wildman–Crippen LogP) is 2.62. The zero-order valence-electron chi connectivity index (χ0n) is 15.0. The summed E-state index contributed by atoms with van der Waals surface area (Å²) in [6.07, 6.45) is -1.17. The summed E-state index contributed by atoms with van der Waals surface area (Å²) in [7, 11) is 2.05. The average Bonchev–Trinajstić information content (AvgIpc) is 3.29. The number of hydrogen-bond donors (Lipinski definition) is 1. The Hall–Kier alpha value is -2.55. The maximum atomic E-state index is 12.6. The van der Waals surface area contributed by atoms with Crippen molar-refractivity contribution in [1.29, 1.82) is 0 Å². The molecule has 1 unspecified atom stereocenters. The second-order valence-corrected chi connectivity index (χ2v) is 7.00. The van der Waals surface area contributed by atoms with Crippen molar-refractivity contribution < 1.29 is 18.1 Å². The van der Waals surface area contributed by atoms with E-state index in [9.17, 15) is 13.6 Å². The standard InChI is InChI=1S/C18H21F2N5O2/c1-24-6-8-25(9-7-24)18(26)21-14-5-3-11-10-12(2-4-13(11)14)16-22-17(15(19)20)27-23-16/h2,4,10,14-15H,3,5-9H2,1H3,(H,21,26). The van der Waals surface area contributed by atoms with E-state index < -0.39 is 12.3 Å². The topological polar surface area (TPSA) is 74.5 Å². The molecule has 27 heavy (non-hydrogen) atoms. The Labute approximate surface area is 155 Å². The Balaban J connectivity index is 1.45. The van der Waals surface area contributed by atoms with E-state index in [0.29, 0.717) is 5.56 Å². The van der Waals surface area contributed by atoms with Crippen molar-refractivity contribution in [2.45, 2.75) is 25.3 Å². The number of likely N-dealkylation sites (N-methyl/N-ethyl adjacent to an activating group) is 1. The van der Waals surface area contributed by atoms with E-state index in [1.165, 1.54) is 0 Å². The van der Waals surface area contributed by atoms with Gasteiger partial charge in [-0.15, -0.1) is 0 Å². The average molecular weight is 377 g/mol. The van der Waals surface area contributed by atoms with Crippen LogP contribution in [0.25, 0.3) is 11.4 Å². The molecule has 1 aromatic carbocycles. The molecule has 7 nitrogen and oxygen atoms in total. The lowest BCUT2D eigenvalue weighted by Crippen LogP contribution is -2.51. The van der Waals surface area contributed by atoms with Crippen LogP contribution in [0.3, 0.4) is 0 Å². The summed E-state index contributed by atoms with van der Waals surface area (Å²) < 4.78 is 29.8. The lowest BCUT2D eigenvalue weighted by Gasteiger charge is -2.33. The Morgan fingerprint density at radius 3 is 2.78 bits per heavy atom. The van der Waals surface area contributed by atoms with E-state index in [-0.39, 0.29) is 17.9 Å². The number of nitrogens with one attached hydrogen (secondary N) is 1. The Morgan fingerprint density at radius 1 is 1.30 bits per heavy atom. The van der Waals surface area contributed by atoms with Crippen LogP contribution in [0.5, 0.6) is 0 Å². The summed E-state index contributed by atoms with van der Waals surface area (Å²) in [6, 6.07) is 5.50. The summed E-state index contributed by atoms with van der Waals surface area (Å²) >= 11 is 0. The third kappa shape index (κ3) is 3.64. The lowest BCUT2D eigenvalue weighted by atomic mass is 10.0. The molecule has 1 N–H and O–H groups in total. The van der Waals surface area contributed by atoms with Crippen LogP contribution in [0, 0.1) is 0 Å². The zero-order valence-corrected chi connectivity index (χ0v) is 15.0. The minimum absolute atomic E-state index is 0.0373. The largest absolute Gasteiger partial charge is 0.333 e. The highest BCUT2D eigenvalue weighted by molar-refractivity contribution is 5.75. The number of carbonyl (C=O) groups excluding carboxylic acids is 1. The minimum atomic E-state index is -2.78. The highest BCUT2D eigenvalue weighted by Gasteiger charge is 2.28. The van der Waals surface area contributed by atoms with Crippen LogP contribution in [0.1, 0.15) is 35.9 Å². The summed E-state index contributed by atoms with van der Waals surface area (Å²) in [4.78, 5) is 20.3. The molecule has 1 aliphatic carbocycles. The number of fused-ring (bicyclic) bond motifs is 1. The number of aromatic nitrogens is 2. The molecule has 144 valence electrons. The van der Waals surface area contributed by atoms with Crippen LogP contribution < -0.4 is 5.32 Å². The van der Waals surface area contributed by atoms with Crippen LogP contribution in [0.15, 0.2) is 22.7 Å². The first kappa shape index (κ1) is 17.8. The van der Waals surface area contributed by atoms with Gasteiger partial charge in [-0.25, -0.2) is 4.79 Å². The normalized spacial score (nSPS) is 20.1. The van der Waals surface area contributed by atoms with Crippen LogP contribution in [-0.2, 0) is 6.42 Å². The van der Waals surface area contributed by atoms with Crippen molar-refractivity contribution >= 4 is 6.03 Å². The van der Waals surface area contributed by atoms with Crippen molar-refractivity contribution in [3.05, 3.63) is 35.2 Å². The number of piperazine rings is 1. The molecule has 0 spiro atoms. The number of urea groups is 1. The summed E-state index contributed by atoms with van der Waals surface area (Å²) in [6.45, 7) is 3.21. The van der Waals surface area contributed by atoms with E-state index in [4.69, 9.17) is 0 Å². The van der Waals surface area contributed by atoms with Gasteiger partial charge in [-0.3, -0.25) is 0 Å². The number of alkyl halides is 2. The number of hydrogen-bond acceptors (Lipinski definition) is 5. The first-order valence-corrected chi connectivity index (χ1v) is 9.00. The molecule has 2 aliphatic rings. The van der Waals surface area contributed by atoms with Crippen LogP contribution in [0.4, 0.5) is 13.6 Å². The van der Waals surface area contributed by atoms with Crippen molar-refractivity contribution in [1.82, 2.24) is 25.3 Å². The van der Waals surface area contributed by atoms with Gasteiger partial charge in [0.15, 0.2) is 0 Å². The van der Waals surface area contributed by atoms with Crippen LogP contribution in [-0.4, -0.2) is 59.2 Å². The van der Waals surface area contributed by atoms with Gasteiger partial charge in [0.05, 0.1) is 6.04 Å². The van der Waals surface area contributed by atoms with E-state index in [1.807, 2.05) is 24.1 Å². The van der Waals surface area contributed by atoms with Crippen molar-refractivity contribution in [2.24, 2.45) is 0 Å². The van der Waals surface area contributed by atoms with Crippen LogP contribution in [0.2, 0.25) is 0 Å². The molecule has 9 heteroatoms. The zero-order chi connectivity index (χ0) is 19.0. The molecule has 2 amide bonds. The van der Waals surface area contributed by atoms with Gasteiger partial charge in [0.1, 0.15) is 0 Å². The molecule has 1 aromatic heterocycles. The van der Waals surface area contributed by atoms with E-state index in [1.54, 1.807) is 6.07 Å². The SMILES string of the molecule is CN1CCN(C(=O)NC2CCc3cc(-c4noc(C(F)F)n4)ccc32)CC1. The molecule has 4 rings (SSSR count). The lowest BCUT2D eigenvalue weighted by molar-refractivity contribution is 0.106. The number of nitrogens with zero attached hydrogens (tertiary/aromatic N) is 4. The molecule has 1 aliphatic heterocycles. The fourth-order valence-electron chi connectivity index (χ4n) is 3.60. The van der Waals surface area contributed by atoms with Gasteiger partial charge in [0.2, 0.25) is 5.82 Å². The summed E-state index contributed by atoms with van der Waals surface area (Å²) in [5.74, 6) is -0.527. The third-order valence-electron chi connectivity index (χ3n) is 5.20. The first-order chi connectivity index (χ1) is 13.0. The number of carbonyl (C=O) groups is 1. The molecule has 1 fully saturated rings. The number of aryl methyl sites for hydroxylation is 1. The summed E-state index contributed by atoms with van der Waals surface area (Å²) in [5, 5.41) is 6.74. The summed E-state index contributed by atoms with van der Waals surface area (Å²) in [5.41, 5.74) is 2.76. The molecule has 1 saturated heterocycles. The van der Waals surface area contributed by atoms with Gasteiger partial charge in [-0.2, -0.15) is 13.8 Å². The minimum Gasteiger partial charge on any atom is -0.333 e. The molecule has 0 bridgehead atoms. The Bertz CT molecular complexity index is 833. The number of rotatable bonds is 3. The number of benzene rings is 1. The van der Waals surface area contributed by atoms with Gasteiger partial charge in [0, 0.05) is 31.7 Å².